The van der Waals surface area contributed by atoms with Gasteiger partial charge >= 0.3 is 0 Å². The second kappa shape index (κ2) is 6.32. The molecule has 5 nitrogen and oxygen atoms in total. The standard InChI is InChI=1S/C17H21N3O2/c1-13-6-5-10-19(16(13)12-21)17(22)15-9-11-20(18-15)14-7-3-2-4-8-14/h2-4,7-9,11,13,16,21H,5-6,10,12H2,1H3. The predicted molar refractivity (Wildman–Crippen MR) is 83.9 cm³/mol. The van der Waals surface area contributed by atoms with Gasteiger partial charge in [0.1, 0.15) is 0 Å². The molecule has 0 saturated carbocycles. The highest BCUT2D eigenvalue weighted by Gasteiger charge is 2.32. The Bertz CT molecular complexity index is 638. The maximum Gasteiger partial charge on any atom is 0.274 e. The van der Waals surface area contributed by atoms with Crippen molar-refractivity contribution in [2.45, 2.75) is 25.8 Å². The summed E-state index contributed by atoms with van der Waals surface area (Å²) in [4.78, 5) is 14.5. The molecule has 1 amide bonds. The first-order valence-electron chi connectivity index (χ1n) is 7.73. The van der Waals surface area contributed by atoms with E-state index >= 15 is 0 Å². The molecule has 0 radical (unpaired) electrons. The number of hydrogen-bond donors (Lipinski definition) is 1. The summed E-state index contributed by atoms with van der Waals surface area (Å²) in [6, 6.07) is 11.3. The maximum atomic E-state index is 12.7. The van der Waals surface area contributed by atoms with E-state index in [0.29, 0.717) is 18.2 Å². The smallest absolute Gasteiger partial charge is 0.274 e. The Hall–Kier alpha value is -2.14. The first kappa shape index (κ1) is 14.8. The molecule has 5 heteroatoms. The molecule has 1 saturated heterocycles. The number of aliphatic hydroxyl groups is 1. The molecular weight excluding hydrogens is 278 g/mol. The molecule has 2 unspecified atom stereocenters. The number of nitrogens with zero attached hydrogens (tertiary/aromatic N) is 3. The van der Waals surface area contributed by atoms with Gasteiger partial charge in [0.25, 0.3) is 5.91 Å². The molecule has 1 N–H and O–H groups in total. The summed E-state index contributed by atoms with van der Waals surface area (Å²) >= 11 is 0. The highest BCUT2D eigenvalue weighted by Crippen LogP contribution is 2.24. The summed E-state index contributed by atoms with van der Waals surface area (Å²) in [7, 11) is 0. The van der Waals surface area contributed by atoms with Crippen LogP contribution in [0.15, 0.2) is 42.6 Å². The summed E-state index contributed by atoms with van der Waals surface area (Å²) in [6.07, 6.45) is 3.82. The van der Waals surface area contributed by atoms with Crippen molar-refractivity contribution in [1.82, 2.24) is 14.7 Å². The molecule has 2 heterocycles. The monoisotopic (exact) mass is 299 g/mol. The summed E-state index contributed by atoms with van der Waals surface area (Å²) in [6.45, 7) is 2.78. The van der Waals surface area contributed by atoms with E-state index in [1.54, 1.807) is 21.8 Å². The number of aromatic nitrogens is 2. The lowest BCUT2D eigenvalue weighted by atomic mass is 9.91. The Kier molecular flexibility index (Phi) is 4.24. The number of piperidine rings is 1. The van der Waals surface area contributed by atoms with Gasteiger partial charge in [0, 0.05) is 12.7 Å². The molecule has 22 heavy (non-hydrogen) atoms. The average molecular weight is 299 g/mol. The van der Waals surface area contributed by atoms with Crippen LogP contribution in [0.4, 0.5) is 0 Å². The van der Waals surface area contributed by atoms with Crippen LogP contribution >= 0.6 is 0 Å². The summed E-state index contributed by atoms with van der Waals surface area (Å²) in [5.41, 5.74) is 1.35. The van der Waals surface area contributed by atoms with Crippen molar-refractivity contribution in [3.8, 4) is 5.69 Å². The lowest BCUT2D eigenvalue weighted by Gasteiger charge is -2.38. The highest BCUT2D eigenvalue weighted by atomic mass is 16.3. The molecule has 1 fully saturated rings. The van der Waals surface area contributed by atoms with Crippen molar-refractivity contribution in [1.29, 1.82) is 0 Å². The molecule has 1 aromatic carbocycles. The van der Waals surface area contributed by atoms with Crippen LogP contribution in [0, 0.1) is 5.92 Å². The van der Waals surface area contributed by atoms with Crippen LogP contribution < -0.4 is 0 Å². The number of benzene rings is 1. The Balaban J connectivity index is 1.82. The zero-order chi connectivity index (χ0) is 15.5. The highest BCUT2D eigenvalue weighted by molar-refractivity contribution is 5.92. The lowest BCUT2D eigenvalue weighted by Crippen LogP contribution is -2.49. The first-order chi connectivity index (χ1) is 10.7. The van der Waals surface area contributed by atoms with E-state index < -0.39 is 0 Å². The van der Waals surface area contributed by atoms with E-state index in [9.17, 15) is 9.90 Å². The maximum absolute atomic E-state index is 12.7. The predicted octanol–water partition coefficient (Wildman–Crippen LogP) is 2.11. The van der Waals surface area contributed by atoms with E-state index in [-0.39, 0.29) is 18.6 Å². The number of likely N-dealkylation sites (tertiary alicyclic amines) is 1. The van der Waals surface area contributed by atoms with E-state index in [4.69, 9.17) is 0 Å². The van der Waals surface area contributed by atoms with Crippen LogP contribution in [0.1, 0.15) is 30.3 Å². The normalized spacial score (nSPS) is 21.8. The number of aliphatic hydroxyl groups excluding tert-OH is 1. The molecule has 116 valence electrons. The molecule has 0 bridgehead atoms. The molecule has 3 rings (SSSR count). The fourth-order valence-corrected chi connectivity index (χ4v) is 3.09. The molecule has 1 aliphatic rings. The second-order valence-corrected chi connectivity index (χ2v) is 5.85. The quantitative estimate of drug-likeness (QED) is 0.944. The largest absolute Gasteiger partial charge is 0.394 e. The minimum absolute atomic E-state index is 0.00625. The molecule has 0 aliphatic carbocycles. The first-order valence-corrected chi connectivity index (χ1v) is 7.73. The lowest BCUT2D eigenvalue weighted by molar-refractivity contribution is 0.0353. The van der Waals surface area contributed by atoms with E-state index in [2.05, 4.69) is 12.0 Å². The van der Waals surface area contributed by atoms with Gasteiger partial charge in [0.2, 0.25) is 0 Å². The van der Waals surface area contributed by atoms with Crippen LogP contribution in [0.2, 0.25) is 0 Å². The van der Waals surface area contributed by atoms with Gasteiger partial charge < -0.3 is 10.0 Å². The van der Waals surface area contributed by atoms with E-state index in [1.165, 1.54) is 0 Å². The summed E-state index contributed by atoms with van der Waals surface area (Å²) < 4.78 is 1.70. The van der Waals surface area contributed by atoms with Gasteiger partial charge in [-0.15, -0.1) is 0 Å². The van der Waals surface area contributed by atoms with Crippen molar-refractivity contribution in [3.05, 3.63) is 48.3 Å². The van der Waals surface area contributed by atoms with Crippen molar-refractivity contribution in [2.24, 2.45) is 5.92 Å². The van der Waals surface area contributed by atoms with E-state index in [1.807, 2.05) is 30.3 Å². The van der Waals surface area contributed by atoms with Gasteiger partial charge in [0.15, 0.2) is 5.69 Å². The number of carbonyl (C=O) groups is 1. The Morgan fingerprint density at radius 3 is 2.82 bits per heavy atom. The SMILES string of the molecule is CC1CCCN(C(=O)c2ccn(-c3ccccc3)n2)C1CO. The second-order valence-electron chi connectivity index (χ2n) is 5.85. The third-order valence-electron chi connectivity index (χ3n) is 4.39. The van der Waals surface area contributed by atoms with Gasteiger partial charge in [-0.1, -0.05) is 25.1 Å². The third-order valence-corrected chi connectivity index (χ3v) is 4.39. The topological polar surface area (TPSA) is 58.4 Å². The number of rotatable bonds is 3. The number of hydrogen-bond acceptors (Lipinski definition) is 3. The van der Waals surface area contributed by atoms with Crippen LogP contribution in [-0.2, 0) is 0 Å². The van der Waals surface area contributed by atoms with Crippen molar-refractivity contribution in [3.63, 3.8) is 0 Å². The van der Waals surface area contributed by atoms with Crippen molar-refractivity contribution >= 4 is 5.91 Å². The van der Waals surface area contributed by atoms with Crippen molar-refractivity contribution < 1.29 is 9.90 Å². The van der Waals surface area contributed by atoms with Crippen LogP contribution in [0.5, 0.6) is 0 Å². The van der Waals surface area contributed by atoms with Gasteiger partial charge in [-0.25, -0.2) is 4.68 Å². The van der Waals surface area contributed by atoms with Crippen LogP contribution in [-0.4, -0.2) is 44.9 Å². The fourth-order valence-electron chi connectivity index (χ4n) is 3.09. The molecule has 1 aromatic heterocycles. The number of carbonyl (C=O) groups excluding carboxylic acids is 1. The minimum atomic E-state index is -0.108. The van der Waals surface area contributed by atoms with Crippen molar-refractivity contribution in [2.75, 3.05) is 13.2 Å². The third kappa shape index (κ3) is 2.76. The zero-order valence-corrected chi connectivity index (χ0v) is 12.7. The molecule has 0 spiro atoms. The zero-order valence-electron chi connectivity index (χ0n) is 12.7. The Morgan fingerprint density at radius 1 is 1.32 bits per heavy atom. The summed E-state index contributed by atoms with van der Waals surface area (Å²) in [5.74, 6) is 0.221. The minimum Gasteiger partial charge on any atom is -0.394 e. The summed E-state index contributed by atoms with van der Waals surface area (Å²) in [5, 5.41) is 14.0. The van der Waals surface area contributed by atoms with Gasteiger partial charge in [-0.05, 0) is 37.0 Å². The molecule has 1 aliphatic heterocycles. The molecular formula is C17H21N3O2. The molecule has 2 aromatic rings. The fraction of sp³-hybridized carbons (Fsp3) is 0.412. The number of amides is 1. The average Bonchev–Trinajstić information content (AvgIpc) is 3.05. The van der Waals surface area contributed by atoms with E-state index in [0.717, 1.165) is 18.5 Å². The number of para-hydroxylation sites is 1. The van der Waals surface area contributed by atoms with Crippen LogP contribution in [0.3, 0.4) is 0 Å². The van der Waals surface area contributed by atoms with Gasteiger partial charge in [-0.2, -0.15) is 5.10 Å². The molecule has 2 atom stereocenters. The Morgan fingerprint density at radius 2 is 2.09 bits per heavy atom. The Labute approximate surface area is 130 Å². The van der Waals surface area contributed by atoms with Crippen LogP contribution in [0.25, 0.3) is 5.69 Å². The van der Waals surface area contributed by atoms with Gasteiger partial charge in [0.05, 0.1) is 18.3 Å². The van der Waals surface area contributed by atoms with Gasteiger partial charge in [-0.3, -0.25) is 4.79 Å².